The summed E-state index contributed by atoms with van der Waals surface area (Å²) in [6, 6.07) is 8.08. The minimum Gasteiger partial charge on any atom is -0.494 e. The van der Waals surface area contributed by atoms with Crippen LogP contribution < -0.4 is 10.1 Å². The first-order chi connectivity index (χ1) is 11.4. The van der Waals surface area contributed by atoms with E-state index in [9.17, 15) is 18.0 Å². The number of ether oxygens (including phenoxy) is 1. The molecule has 0 aliphatic carbocycles. The van der Waals surface area contributed by atoms with Crippen LogP contribution in [0.5, 0.6) is 5.75 Å². The number of hydrogen-bond donors (Lipinski definition) is 1. The predicted molar refractivity (Wildman–Crippen MR) is 81.6 cm³/mol. The van der Waals surface area contributed by atoms with Gasteiger partial charge in [0.1, 0.15) is 5.75 Å². The lowest BCUT2D eigenvalue weighted by Crippen LogP contribution is -2.28. The number of nitrogens with zero attached hydrogens (tertiary/aromatic N) is 2. The normalized spacial score (nSPS) is 11.3. The highest BCUT2D eigenvalue weighted by atomic mass is 19.4. The van der Waals surface area contributed by atoms with Crippen molar-refractivity contribution in [2.45, 2.75) is 26.1 Å². The van der Waals surface area contributed by atoms with Crippen molar-refractivity contribution in [3.05, 3.63) is 47.8 Å². The molecule has 0 atom stereocenters. The molecule has 0 saturated heterocycles. The molecule has 1 aromatic carbocycles. The molecule has 1 amide bonds. The van der Waals surface area contributed by atoms with Crippen LogP contribution in [0, 0.1) is 0 Å². The first-order valence-corrected chi connectivity index (χ1v) is 7.47. The van der Waals surface area contributed by atoms with Crippen molar-refractivity contribution in [3.63, 3.8) is 0 Å². The lowest BCUT2D eigenvalue weighted by molar-refractivity contribution is -0.141. The smallest absolute Gasteiger partial charge is 0.435 e. The number of rotatable bonds is 7. The summed E-state index contributed by atoms with van der Waals surface area (Å²) in [4.78, 5) is 11.8. The van der Waals surface area contributed by atoms with Crippen molar-refractivity contribution >= 4 is 5.91 Å². The van der Waals surface area contributed by atoms with Crippen molar-refractivity contribution < 1.29 is 22.7 Å². The summed E-state index contributed by atoms with van der Waals surface area (Å²) in [5, 5.41) is 6.07. The SMILES string of the molecule is CCOc1ccc(CC(=O)NCCn2ccc(C(F)(F)F)n2)cc1. The number of carbonyl (C=O) groups is 1. The van der Waals surface area contributed by atoms with Gasteiger partial charge in [0.2, 0.25) is 5.91 Å². The first kappa shape index (κ1) is 17.8. The second-order valence-electron chi connectivity index (χ2n) is 5.07. The summed E-state index contributed by atoms with van der Waals surface area (Å²) in [5.74, 6) is 0.531. The van der Waals surface area contributed by atoms with Gasteiger partial charge in [-0.25, -0.2) is 0 Å². The van der Waals surface area contributed by atoms with Crippen LogP contribution in [-0.2, 0) is 23.9 Å². The molecule has 0 fully saturated rings. The summed E-state index contributed by atoms with van der Waals surface area (Å²) >= 11 is 0. The second-order valence-corrected chi connectivity index (χ2v) is 5.07. The van der Waals surface area contributed by atoms with Crippen LogP contribution >= 0.6 is 0 Å². The Labute approximate surface area is 137 Å². The minimum absolute atomic E-state index is 0.172. The molecular weight excluding hydrogens is 323 g/mol. The Morgan fingerprint density at radius 1 is 1.25 bits per heavy atom. The van der Waals surface area contributed by atoms with Crippen molar-refractivity contribution in [3.8, 4) is 5.75 Å². The molecule has 8 heteroatoms. The van der Waals surface area contributed by atoms with Gasteiger partial charge in [0.15, 0.2) is 5.69 Å². The van der Waals surface area contributed by atoms with E-state index in [0.717, 1.165) is 22.1 Å². The molecule has 130 valence electrons. The largest absolute Gasteiger partial charge is 0.494 e. The van der Waals surface area contributed by atoms with Crippen molar-refractivity contribution in [2.24, 2.45) is 0 Å². The van der Waals surface area contributed by atoms with Crippen LogP contribution in [0.15, 0.2) is 36.5 Å². The van der Waals surface area contributed by atoms with E-state index in [1.165, 1.54) is 6.20 Å². The molecule has 1 aromatic heterocycles. The average Bonchev–Trinajstić information content (AvgIpc) is 2.99. The highest BCUT2D eigenvalue weighted by molar-refractivity contribution is 5.78. The second kappa shape index (κ2) is 7.85. The Hall–Kier alpha value is -2.51. The third kappa shape index (κ3) is 5.29. The molecule has 1 N–H and O–H groups in total. The summed E-state index contributed by atoms with van der Waals surface area (Å²) in [7, 11) is 0. The Morgan fingerprint density at radius 3 is 2.54 bits per heavy atom. The lowest BCUT2D eigenvalue weighted by atomic mass is 10.1. The number of hydrogen-bond acceptors (Lipinski definition) is 3. The van der Waals surface area contributed by atoms with Crippen LogP contribution in [0.25, 0.3) is 0 Å². The third-order valence-electron chi connectivity index (χ3n) is 3.19. The summed E-state index contributed by atoms with van der Waals surface area (Å²) < 4.78 is 43.7. The lowest BCUT2D eigenvalue weighted by Gasteiger charge is -2.07. The van der Waals surface area contributed by atoms with Crippen LogP contribution in [0.3, 0.4) is 0 Å². The third-order valence-corrected chi connectivity index (χ3v) is 3.19. The molecule has 0 aliphatic heterocycles. The quantitative estimate of drug-likeness (QED) is 0.842. The molecule has 0 bridgehead atoms. The van der Waals surface area contributed by atoms with E-state index < -0.39 is 11.9 Å². The van der Waals surface area contributed by atoms with Crippen molar-refractivity contribution in [1.82, 2.24) is 15.1 Å². The maximum absolute atomic E-state index is 12.4. The highest BCUT2D eigenvalue weighted by Gasteiger charge is 2.33. The van der Waals surface area contributed by atoms with E-state index in [0.29, 0.717) is 6.61 Å². The van der Waals surface area contributed by atoms with E-state index in [1.807, 2.05) is 6.92 Å². The fourth-order valence-corrected chi connectivity index (χ4v) is 2.07. The number of carbonyl (C=O) groups excluding carboxylic acids is 1. The van der Waals surface area contributed by atoms with Crippen molar-refractivity contribution in [1.29, 1.82) is 0 Å². The van der Waals surface area contributed by atoms with Gasteiger partial charge in [0.25, 0.3) is 0 Å². The average molecular weight is 341 g/mol. The van der Waals surface area contributed by atoms with Gasteiger partial charge in [-0.15, -0.1) is 0 Å². The van der Waals surface area contributed by atoms with Gasteiger partial charge in [-0.1, -0.05) is 12.1 Å². The number of aromatic nitrogens is 2. The van der Waals surface area contributed by atoms with E-state index in [2.05, 4.69) is 10.4 Å². The molecule has 0 radical (unpaired) electrons. The number of alkyl halides is 3. The zero-order valence-corrected chi connectivity index (χ0v) is 13.1. The number of amides is 1. The first-order valence-electron chi connectivity index (χ1n) is 7.47. The summed E-state index contributed by atoms with van der Waals surface area (Å²) in [5.41, 5.74) is -0.113. The Morgan fingerprint density at radius 2 is 1.96 bits per heavy atom. The van der Waals surface area contributed by atoms with E-state index >= 15 is 0 Å². The fraction of sp³-hybridized carbons (Fsp3) is 0.375. The molecule has 0 saturated carbocycles. The Kier molecular flexibility index (Phi) is 5.83. The number of halogens is 3. The van der Waals surface area contributed by atoms with Gasteiger partial charge in [-0.3, -0.25) is 9.48 Å². The van der Waals surface area contributed by atoms with Gasteiger partial charge >= 0.3 is 6.18 Å². The molecule has 1 heterocycles. The van der Waals surface area contributed by atoms with Crippen LogP contribution in [0.4, 0.5) is 13.2 Å². The zero-order valence-electron chi connectivity index (χ0n) is 13.1. The molecule has 24 heavy (non-hydrogen) atoms. The predicted octanol–water partition coefficient (Wildman–Crippen LogP) is 2.66. The fourth-order valence-electron chi connectivity index (χ4n) is 2.07. The highest BCUT2D eigenvalue weighted by Crippen LogP contribution is 2.27. The Balaban J connectivity index is 1.76. The monoisotopic (exact) mass is 341 g/mol. The summed E-state index contributed by atoms with van der Waals surface area (Å²) in [6.45, 7) is 2.84. The number of benzene rings is 1. The van der Waals surface area contributed by atoms with Gasteiger partial charge < -0.3 is 10.1 Å². The van der Waals surface area contributed by atoms with E-state index in [1.54, 1.807) is 24.3 Å². The Bertz CT molecular complexity index is 666. The molecule has 5 nitrogen and oxygen atoms in total. The molecule has 0 unspecified atom stereocenters. The van der Waals surface area contributed by atoms with Gasteiger partial charge in [0.05, 0.1) is 19.6 Å². The molecule has 0 spiro atoms. The van der Waals surface area contributed by atoms with Crippen LogP contribution in [-0.4, -0.2) is 28.8 Å². The molecular formula is C16H18F3N3O2. The van der Waals surface area contributed by atoms with Crippen molar-refractivity contribution in [2.75, 3.05) is 13.2 Å². The van der Waals surface area contributed by atoms with Gasteiger partial charge in [-0.2, -0.15) is 18.3 Å². The zero-order chi connectivity index (χ0) is 17.6. The van der Waals surface area contributed by atoms with Gasteiger partial charge in [0, 0.05) is 12.7 Å². The van der Waals surface area contributed by atoms with Crippen LogP contribution in [0.2, 0.25) is 0 Å². The maximum Gasteiger partial charge on any atom is 0.435 e. The maximum atomic E-state index is 12.4. The minimum atomic E-state index is -4.46. The summed E-state index contributed by atoms with van der Waals surface area (Å²) in [6.07, 6.45) is -3.02. The molecule has 0 aliphatic rings. The molecule has 2 rings (SSSR count). The van der Waals surface area contributed by atoms with E-state index in [4.69, 9.17) is 4.74 Å². The standard InChI is InChI=1S/C16H18F3N3O2/c1-2-24-13-5-3-12(4-6-13)11-15(23)20-8-10-22-9-7-14(21-22)16(17,18)19/h3-7,9H,2,8,10-11H2,1H3,(H,20,23). The van der Waals surface area contributed by atoms with Gasteiger partial charge in [-0.05, 0) is 30.7 Å². The van der Waals surface area contributed by atoms with Crippen LogP contribution in [0.1, 0.15) is 18.2 Å². The van der Waals surface area contributed by atoms with E-state index in [-0.39, 0.29) is 25.4 Å². The number of nitrogens with one attached hydrogen (secondary N) is 1. The molecule has 2 aromatic rings. The topological polar surface area (TPSA) is 56.1 Å².